The Hall–Kier alpha value is -2.18. The molecular weight excluding hydrogens is 316 g/mol. The number of carbonyl (C=O) groups excluding carboxylic acids is 1. The molecule has 2 aromatic rings. The highest BCUT2D eigenvalue weighted by Crippen LogP contribution is 2.29. The van der Waals surface area contributed by atoms with Gasteiger partial charge in [0.1, 0.15) is 12.2 Å². The predicted octanol–water partition coefficient (Wildman–Crippen LogP) is 2.48. The molecule has 0 unspecified atom stereocenters. The molecular formula is C18H26N6O. The van der Waals surface area contributed by atoms with Gasteiger partial charge < -0.3 is 9.47 Å². The van der Waals surface area contributed by atoms with Gasteiger partial charge in [-0.2, -0.15) is 5.10 Å². The first-order valence-corrected chi connectivity index (χ1v) is 9.40. The van der Waals surface area contributed by atoms with Crippen LogP contribution in [0.1, 0.15) is 79.1 Å². The van der Waals surface area contributed by atoms with Crippen molar-refractivity contribution in [3.05, 3.63) is 29.1 Å². The molecule has 3 heterocycles. The number of fused-ring (bicyclic) bond motifs is 1. The standard InChI is InChI=1S/C18H26N6O/c1-12(2)24-11-19-22-17(24)13-7-9-23(10-8-13)18(25)16-14-5-3-4-6-15(14)20-21-16/h11-13H,3-10H2,1-2H3,(H,20,21). The SMILES string of the molecule is CC(C)n1cnnc1C1CCN(C(=O)c2n[nH]c3c2CCCC3)CC1. The summed E-state index contributed by atoms with van der Waals surface area (Å²) in [6.07, 6.45) is 8.01. The van der Waals surface area contributed by atoms with E-state index in [0.717, 1.165) is 62.3 Å². The molecule has 7 heteroatoms. The van der Waals surface area contributed by atoms with Gasteiger partial charge in [-0.25, -0.2) is 0 Å². The summed E-state index contributed by atoms with van der Waals surface area (Å²) >= 11 is 0. The number of hydrogen-bond donors (Lipinski definition) is 1. The van der Waals surface area contributed by atoms with Crippen molar-refractivity contribution in [3.8, 4) is 0 Å². The number of piperidine rings is 1. The smallest absolute Gasteiger partial charge is 0.274 e. The van der Waals surface area contributed by atoms with E-state index in [1.165, 1.54) is 6.42 Å². The highest BCUT2D eigenvalue weighted by atomic mass is 16.2. The minimum atomic E-state index is 0.0863. The third-order valence-corrected chi connectivity index (χ3v) is 5.56. The van der Waals surface area contributed by atoms with E-state index in [0.29, 0.717) is 17.7 Å². The number of rotatable bonds is 3. The summed E-state index contributed by atoms with van der Waals surface area (Å²) in [5, 5.41) is 15.8. The van der Waals surface area contributed by atoms with Crippen molar-refractivity contribution >= 4 is 5.91 Å². The van der Waals surface area contributed by atoms with Crippen LogP contribution in [0, 0.1) is 0 Å². The average molecular weight is 342 g/mol. The molecule has 0 spiro atoms. The topological polar surface area (TPSA) is 79.7 Å². The third-order valence-electron chi connectivity index (χ3n) is 5.56. The molecule has 0 atom stereocenters. The number of nitrogens with one attached hydrogen (secondary N) is 1. The molecule has 1 aliphatic carbocycles. The monoisotopic (exact) mass is 342 g/mol. The molecule has 1 aliphatic heterocycles. The lowest BCUT2D eigenvalue weighted by Gasteiger charge is -2.31. The number of aromatic amines is 1. The molecule has 0 aromatic carbocycles. The number of H-pyrrole nitrogens is 1. The maximum Gasteiger partial charge on any atom is 0.274 e. The Kier molecular flexibility index (Phi) is 4.31. The Morgan fingerprint density at radius 1 is 1.24 bits per heavy atom. The summed E-state index contributed by atoms with van der Waals surface area (Å²) in [6.45, 7) is 5.81. The van der Waals surface area contributed by atoms with Crippen LogP contribution in [0.3, 0.4) is 0 Å². The summed E-state index contributed by atoms with van der Waals surface area (Å²) < 4.78 is 2.15. The van der Waals surface area contributed by atoms with Crippen LogP contribution in [0.15, 0.2) is 6.33 Å². The van der Waals surface area contributed by atoms with E-state index >= 15 is 0 Å². The first-order chi connectivity index (χ1) is 12.1. The molecule has 7 nitrogen and oxygen atoms in total. The van der Waals surface area contributed by atoms with E-state index < -0.39 is 0 Å². The molecule has 1 saturated heterocycles. The minimum Gasteiger partial charge on any atom is -0.337 e. The molecule has 25 heavy (non-hydrogen) atoms. The van der Waals surface area contributed by atoms with Gasteiger partial charge in [0.25, 0.3) is 5.91 Å². The summed E-state index contributed by atoms with van der Waals surface area (Å²) in [6, 6.07) is 0.361. The van der Waals surface area contributed by atoms with Gasteiger partial charge in [0, 0.05) is 36.3 Å². The van der Waals surface area contributed by atoms with Crippen molar-refractivity contribution in [2.75, 3.05) is 13.1 Å². The first-order valence-electron chi connectivity index (χ1n) is 9.40. The zero-order valence-electron chi connectivity index (χ0n) is 15.0. The highest BCUT2D eigenvalue weighted by Gasteiger charge is 2.30. The first kappa shape index (κ1) is 16.3. The molecule has 1 amide bonds. The van der Waals surface area contributed by atoms with Crippen LogP contribution in [0.25, 0.3) is 0 Å². The van der Waals surface area contributed by atoms with Crippen LogP contribution >= 0.6 is 0 Å². The lowest BCUT2D eigenvalue weighted by atomic mass is 9.93. The largest absolute Gasteiger partial charge is 0.337 e. The highest BCUT2D eigenvalue weighted by molar-refractivity contribution is 5.94. The number of likely N-dealkylation sites (tertiary alicyclic amines) is 1. The summed E-state index contributed by atoms with van der Waals surface area (Å²) in [5.74, 6) is 1.52. The number of aromatic nitrogens is 5. The molecule has 4 rings (SSSR count). The number of aryl methyl sites for hydroxylation is 1. The van der Waals surface area contributed by atoms with Crippen LogP contribution in [-0.2, 0) is 12.8 Å². The van der Waals surface area contributed by atoms with Crippen molar-refractivity contribution in [2.24, 2.45) is 0 Å². The van der Waals surface area contributed by atoms with E-state index in [2.05, 4.69) is 38.8 Å². The zero-order chi connectivity index (χ0) is 17.4. The van der Waals surface area contributed by atoms with Gasteiger partial charge in [0.05, 0.1) is 0 Å². The molecule has 0 bridgehead atoms. The van der Waals surface area contributed by atoms with Gasteiger partial charge in [-0.3, -0.25) is 9.89 Å². The van der Waals surface area contributed by atoms with Gasteiger partial charge in [-0.05, 0) is 52.4 Å². The van der Waals surface area contributed by atoms with Crippen molar-refractivity contribution in [2.45, 2.75) is 64.3 Å². The van der Waals surface area contributed by atoms with E-state index in [9.17, 15) is 4.79 Å². The summed E-state index contributed by atoms with van der Waals surface area (Å²) in [5.41, 5.74) is 2.96. The Bertz CT molecular complexity index is 753. The summed E-state index contributed by atoms with van der Waals surface area (Å²) in [7, 11) is 0. The lowest BCUT2D eigenvalue weighted by Crippen LogP contribution is -2.39. The Morgan fingerprint density at radius 3 is 2.76 bits per heavy atom. The Balaban J connectivity index is 1.44. The number of amides is 1. The number of nitrogens with zero attached hydrogens (tertiary/aromatic N) is 5. The fourth-order valence-electron chi connectivity index (χ4n) is 4.09. The zero-order valence-corrected chi connectivity index (χ0v) is 15.0. The quantitative estimate of drug-likeness (QED) is 0.929. The third kappa shape index (κ3) is 2.96. The van der Waals surface area contributed by atoms with Crippen molar-refractivity contribution in [1.29, 1.82) is 0 Å². The molecule has 1 fully saturated rings. The van der Waals surface area contributed by atoms with Gasteiger partial charge in [-0.15, -0.1) is 10.2 Å². The molecule has 2 aliphatic rings. The number of carbonyl (C=O) groups is 1. The van der Waals surface area contributed by atoms with Crippen molar-refractivity contribution in [3.63, 3.8) is 0 Å². The van der Waals surface area contributed by atoms with E-state index in [1.807, 2.05) is 11.2 Å². The molecule has 0 radical (unpaired) electrons. The van der Waals surface area contributed by atoms with Crippen LogP contribution in [0.4, 0.5) is 0 Å². The van der Waals surface area contributed by atoms with Crippen LogP contribution < -0.4 is 0 Å². The van der Waals surface area contributed by atoms with Crippen molar-refractivity contribution < 1.29 is 4.79 Å². The maximum atomic E-state index is 12.9. The van der Waals surface area contributed by atoms with E-state index in [-0.39, 0.29) is 5.91 Å². The fourth-order valence-corrected chi connectivity index (χ4v) is 4.09. The van der Waals surface area contributed by atoms with Crippen LogP contribution in [0.5, 0.6) is 0 Å². The maximum absolute atomic E-state index is 12.9. The van der Waals surface area contributed by atoms with Crippen LogP contribution in [-0.4, -0.2) is 48.9 Å². The minimum absolute atomic E-state index is 0.0863. The van der Waals surface area contributed by atoms with E-state index in [4.69, 9.17) is 0 Å². The van der Waals surface area contributed by atoms with Gasteiger partial charge in [-0.1, -0.05) is 0 Å². The second-order valence-electron chi connectivity index (χ2n) is 7.49. The average Bonchev–Trinajstić information content (AvgIpc) is 3.28. The van der Waals surface area contributed by atoms with Gasteiger partial charge in [0.15, 0.2) is 5.69 Å². The van der Waals surface area contributed by atoms with E-state index in [1.54, 1.807) is 0 Å². The predicted molar refractivity (Wildman–Crippen MR) is 93.5 cm³/mol. The Labute approximate surface area is 147 Å². The van der Waals surface area contributed by atoms with Crippen molar-refractivity contribution in [1.82, 2.24) is 29.9 Å². The number of hydrogen-bond acceptors (Lipinski definition) is 4. The summed E-state index contributed by atoms with van der Waals surface area (Å²) in [4.78, 5) is 14.9. The van der Waals surface area contributed by atoms with Crippen LogP contribution in [0.2, 0.25) is 0 Å². The second kappa shape index (κ2) is 6.61. The molecule has 134 valence electrons. The molecule has 1 N–H and O–H groups in total. The Morgan fingerprint density at radius 2 is 2.00 bits per heavy atom. The lowest BCUT2D eigenvalue weighted by molar-refractivity contribution is 0.0702. The van der Waals surface area contributed by atoms with Gasteiger partial charge in [0.2, 0.25) is 0 Å². The molecule has 2 aromatic heterocycles. The molecule has 0 saturated carbocycles. The van der Waals surface area contributed by atoms with Gasteiger partial charge >= 0.3 is 0 Å². The second-order valence-corrected chi connectivity index (χ2v) is 7.49. The normalized spacial score (nSPS) is 18.6. The fraction of sp³-hybridized carbons (Fsp3) is 0.667.